The Balaban J connectivity index is 2.26. The second-order valence-electron chi connectivity index (χ2n) is 4.19. The lowest BCUT2D eigenvalue weighted by atomic mass is 10.1. The van der Waals surface area contributed by atoms with E-state index in [1.165, 1.54) is 0 Å². The van der Waals surface area contributed by atoms with E-state index in [0.29, 0.717) is 19.5 Å². The first kappa shape index (κ1) is 15.5. The van der Waals surface area contributed by atoms with Gasteiger partial charge in [0.15, 0.2) is 0 Å². The van der Waals surface area contributed by atoms with Gasteiger partial charge in [0, 0.05) is 24.0 Å². The van der Waals surface area contributed by atoms with Gasteiger partial charge in [-0.05, 0) is 30.5 Å². The molecule has 0 aliphatic heterocycles. The number of carboxylic acid groups (broad SMARTS) is 1. The highest BCUT2D eigenvalue weighted by Gasteiger charge is 2.02. The molecule has 6 heteroatoms. The minimum atomic E-state index is -0.854. The van der Waals surface area contributed by atoms with E-state index in [2.05, 4.69) is 26.6 Å². The SMILES string of the molecule is Cc1cc(CNC(=O)NCCCC(=O)O)ccc1Br. The van der Waals surface area contributed by atoms with Gasteiger partial charge < -0.3 is 15.7 Å². The smallest absolute Gasteiger partial charge is 0.315 e. The Morgan fingerprint density at radius 3 is 2.68 bits per heavy atom. The minimum absolute atomic E-state index is 0.0617. The van der Waals surface area contributed by atoms with Crippen molar-refractivity contribution in [1.82, 2.24) is 10.6 Å². The fourth-order valence-corrected chi connectivity index (χ4v) is 1.75. The molecule has 0 spiro atoms. The van der Waals surface area contributed by atoms with Crippen LogP contribution in [-0.4, -0.2) is 23.7 Å². The molecule has 0 aliphatic carbocycles. The Morgan fingerprint density at radius 1 is 1.32 bits per heavy atom. The zero-order valence-electron chi connectivity index (χ0n) is 10.7. The summed E-state index contributed by atoms with van der Waals surface area (Å²) in [4.78, 5) is 21.7. The molecule has 0 heterocycles. The van der Waals surface area contributed by atoms with Crippen LogP contribution in [-0.2, 0) is 11.3 Å². The van der Waals surface area contributed by atoms with Crippen molar-refractivity contribution in [3.8, 4) is 0 Å². The number of halogens is 1. The van der Waals surface area contributed by atoms with Gasteiger partial charge in [0.05, 0.1) is 0 Å². The predicted octanol–water partition coefficient (Wildman–Crippen LogP) is 2.42. The molecule has 2 amide bonds. The number of urea groups is 1. The number of hydrogen-bond acceptors (Lipinski definition) is 2. The van der Waals surface area contributed by atoms with E-state index in [1.807, 2.05) is 25.1 Å². The van der Waals surface area contributed by atoms with Gasteiger partial charge in [0.1, 0.15) is 0 Å². The van der Waals surface area contributed by atoms with Crippen LogP contribution in [0.2, 0.25) is 0 Å². The Bertz CT molecular complexity index is 463. The van der Waals surface area contributed by atoms with Gasteiger partial charge in [0.2, 0.25) is 0 Å². The lowest BCUT2D eigenvalue weighted by Crippen LogP contribution is -2.35. The highest BCUT2D eigenvalue weighted by atomic mass is 79.9. The Labute approximate surface area is 120 Å². The van der Waals surface area contributed by atoms with E-state index in [9.17, 15) is 9.59 Å². The third kappa shape index (κ3) is 6.24. The van der Waals surface area contributed by atoms with Gasteiger partial charge in [-0.2, -0.15) is 0 Å². The van der Waals surface area contributed by atoms with E-state index < -0.39 is 5.97 Å². The van der Waals surface area contributed by atoms with Crippen molar-refractivity contribution in [2.24, 2.45) is 0 Å². The van der Waals surface area contributed by atoms with Crippen LogP contribution in [0.5, 0.6) is 0 Å². The second kappa shape index (κ2) is 7.78. The molecule has 0 unspecified atom stereocenters. The summed E-state index contributed by atoms with van der Waals surface area (Å²) >= 11 is 3.42. The zero-order valence-corrected chi connectivity index (χ0v) is 12.3. The van der Waals surface area contributed by atoms with E-state index in [1.54, 1.807) is 0 Å². The summed E-state index contributed by atoms with van der Waals surface area (Å²) in [5, 5.41) is 13.8. The molecule has 1 aromatic carbocycles. The molecular formula is C13H17BrN2O3. The quantitative estimate of drug-likeness (QED) is 0.702. The van der Waals surface area contributed by atoms with E-state index >= 15 is 0 Å². The molecule has 0 fully saturated rings. The molecule has 19 heavy (non-hydrogen) atoms. The van der Waals surface area contributed by atoms with Crippen LogP contribution in [0.15, 0.2) is 22.7 Å². The van der Waals surface area contributed by atoms with Crippen molar-refractivity contribution < 1.29 is 14.7 Å². The van der Waals surface area contributed by atoms with Crippen LogP contribution in [0.4, 0.5) is 4.79 Å². The van der Waals surface area contributed by atoms with Gasteiger partial charge in [-0.25, -0.2) is 4.79 Å². The highest BCUT2D eigenvalue weighted by Crippen LogP contribution is 2.16. The van der Waals surface area contributed by atoms with Gasteiger partial charge in [0.25, 0.3) is 0 Å². The maximum Gasteiger partial charge on any atom is 0.315 e. The summed E-state index contributed by atoms with van der Waals surface area (Å²) in [6.07, 6.45) is 0.492. The summed E-state index contributed by atoms with van der Waals surface area (Å²) in [6.45, 7) is 2.79. The van der Waals surface area contributed by atoms with Gasteiger partial charge in [-0.1, -0.05) is 28.1 Å². The number of hydrogen-bond donors (Lipinski definition) is 3. The molecule has 0 saturated heterocycles. The van der Waals surface area contributed by atoms with Crippen molar-refractivity contribution in [1.29, 1.82) is 0 Å². The van der Waals surface area contributed by atoms with Crippen LogP contribution < -0.4 is 10.6 Å². The molecular weight excluding hydrogens is 312 g/mol. The van der Waals surface area contributed by atoms with Crippen LogP contribution >= 0.6 is 15.9 Å². The Hall–Kier alpha value is -1.56. The molecule has 0 bridgehead atoms. The van der Waals surface area contributed by atoms with Crippen LogP contribution in [0, 0.1) is 6.92 Å². The van der Waals surface area contributed by atoms with Gasteiger partial charge >= 0.3 is 12.0 Å². The molecule has 0 saturated carbocycles. The average Bonchev–Trinajstić information content (AvgIpc) is 2.36. The number of aryl methyl sites for hydroxylation is 1. The van der Waals surface area contributed by atoms with Crippen LogP contribution in [0.1, 0.15) is 24.0 Å². The molecule has 5 nitrogen and oxygen atoms in total. The number of nitrogens with one attached hydrogen (secondary N) is 2. The first-order chi connectivity index (χ1) is 8.99. The molecule has 0 aromatic heterocycles. The first-order valence-electron chi connectivity index (χ1n) is 5.97. The molecule has 0 atom stereocenters. The van der Waals surface area contributed by atoms with Gasteiger partial charge in [-0.3, -0.25) is 4.79 Å². The second-order valence-corrected chi connectivity index (χ2v) is 5.04. The summed E-state index contributed by atoms with van der Waals surface area (Å²) in [5.74, 6) is -0.854. The van der Waals surface area contributed by atoms with E-state index in [4.69, 9.17) is 5.11 Å². The summed E-state index contributed by atoms with van der Waals surface area (Å²) in [5.41, 5.74) is 2.13. The first-order valence-corrected chi connectivity index (χ1v) is 6.77. The third-order valence-electron chi connectivity index (χ3n) is 2.53. The Morgan fingerprint density at radius 2 is 2.05 bits per heavy atom. The number of amides is 2. The highest BCUT2D eigenvalue weighted by molar-refractivity contribution is 9.10. The van der Waals surface area contributed by atoms with E-state index in [-0.39, 0.29) is 12.5 Å². The number of rotatable bonds is 6. The number of carbonyl (C=O) groups is 2. The lowest BCUT2D eigenvalue weighted by Gasteiger charge is -2.08. The molecule has 0 radical (unpaired) electrons. The molecule has 104 valence electrons. The Kier molecular flexibility index (Phi) is 6.35. The maximum atomic E-state index is 11.4. The summed E-state index contributed by atoms with van der Waals surface area (Å²) < 4.78 is 1.04. The minimum Gasteiger partial charge on any atom is -0.481 e. The number of carboxylic acids is 1. The normalized spacial score (nSPS) is 10.0. The fraction of sp³-hybridized carbons (Fsp3) is 0.385. The fourth-order valence-electron chi connectivity index (χ4n) is 1.50. The number of benzene rings is 1. The molecule has 1 aromatic rings. The maximum absolute atomic E-state index is 11.4. The monoisotopic (exact) mass is 328 g/mol. The average molecular weight is 329 g/mol. The van der Waals surface area contributed by atoms with Crippen molar-refractivity contribution in [2.45, 2.75) is 26.3 Å². The van der Waals surface area contributed by atoms with Crippen LogP contribution in [0.25, 0.3) is 0 Å². The van der Waals surface area contributed by atoms with E-state index in [0.717, 1.165) is 15.6 Å². The van der Waals surface area contributed by atoms with Crippen molar-refractivity contribution in [3.05, 3.63) is 33.8 Å². The summed E-state index contributed by atoms with van der Waals surface area (Å²) in [6, 6.07) is 5.58. The standard InChI is InChI=1S/C13H17BrN2O3/c1-9-7-10(4-5-11(9)14)8-16-13(19)15-6-2-3-12(17)18/h4-5,7H,2-3,6,8H2,1H3,(H,17,18)(H2,15,16,19). The lowest BCUT2D eigenvalue weighted by molar-refractivity contribution is -0.137. The van der Waals surface area contributed by atoms with Crippen LogP contribution in [0.3, 0.4) is 0 Å². The van der Waals surface area contributed by atoms with Crippen molar-refractivity contribution in [2.75, 3.05) is 6.54 Å². The topological polar surface area (TPSA) is 78.4 Å². The van der Waals surface area contributed by atoms with Crippen molar-refractivity contribution in [3.63, 3.8) is 0 Å². The van der Waals surface area contributed by atoms with Gasteiger partial charge in [-0.15, -0.1) is 0 Å². The molecule has 0 aliphatic rings. The molecule has 1 rings (SSSR count). The molecule has 3 N–H and O–H groups in total. The zero-order chi connectivity index (χ0) is 14.3. The largest absolute Gasteiger partial charge is 0.481 e. The number of aliphatic carboxylic acids is 1. The van der Waals surface area contributed by atoms with Crippen molar-refractivity contribution >= 4 is 27.9 Å². The third-order valence-corrected chi connectivity index (χ3v) is 3.42. The predicted molar refractivity (Wildman–Crippen MR) is 76.0 cm³/mol. The summed E-state index contributed by atoms with van der Waals surface area (Å²) in [7, 11) is 0. The number of carbonyl (C=O) groups excluding carboxylic acids is 1.